The Kier molecular flexibility index (Phi) is 6.22. The Labute approximate surface area is 282 Å². The van der Waals surface area contributed by atoms with Gasteiger partial charge in [-0.2, -0.15) is 5.10 Å². The third-order valence-electron chi connectivity index (χ3n) is 8.92. The van der Waals surface area contributed by atoms with Crippen LogP contribution in [0.15, 0.2) is 159 Å². The maximum atomic E-state index is 6.64. The van der Waals surface area contributed by atoms with Crippen molar-refractivity contribution >= 4 is 65.6 Å². The smallest absolute Gasteiger partial charge is 0.144 e. The topological polar surface area (TPSA) is 70.8 Å². The Morgan fingerprint density at radius 3 is 2.00 bits per heavy atom. The number of thiophene rings is 1. The van der Waals surface area contributed by atoms with E-state index in [0.717, 1.165) is 81.8 Å². The summed E-state index contributed by atoms with van der Waals surface area (Å²) in [5, 5.41) is 14.1. The number of aromatic nitrogens is 3. The van der Waals surface area contributed by atoms with Crippen molar-refractivity contribution in [2.24, 2.45) is 0 Å². The van der Waals surface area contributed by atoms with E-state index in [2.05, 4.69) is 124 Å². The summed E-state index contributed by atoms with van der Waals surface area (Å²) in [6, 6.07) is 42.4. The van der Waals surface area contributed by atoms with Gasteiger partial charge in [0.05, 0.1) is 23.8 Å². The van der Waals surface area contributed by atoms with Crippen LogP contribution in [0.2, 0.25) is 0 Å². The molecule has 7 heteroatoms. The van der Waals surface area contributed by atoms with Gasteiger partial charge in [0.15, 0.2) is 0 Å². The van der Waals surface area contributed by atoms with E-state index < -0.39 is 0 Å². The van der Waals surface area contributed by atoms with Crippen LogP contribution >= 0.6 is 23.1 Å². The molecule has 5 aromatic heterocycles. The van der Waals surface area contributed by atoms with E-state index in [9.17, 15) is 0 Å². The zero-order valence-corrected chi connectivity index (χ0v) is 27.0. The number of nitrogens with zero attached hydrogens (tertiary/aromatic N) is 1. The lowest BCUT2D eigenvalue weighted by atomic mass is 9.92. The highest BCUT2D eigenvalue weighted by molar-refractivity contribution is 7.99. The fourth-order valence-electron chi connectivity index (χ4n) is 6.80. The van der Waals surface area contributed by atoms with E-state index in [-0.39, 0.29) is 0 Å². The molecule has 10 aromatic rings. The molecular formula is C41H25N3O2S2. The third-order valence-corrected chi connectivity index (χ3v) is 11.1. The zero-order valence-electron chi connectivity index (χ0n) is 25.4. The highest BCUT2D eigenvalue weighted by atomic mass is 32.2. The second-order valence-corrected chi connectivity index (χ2v) is 13.9. The lowest BCUT2D eigenvalue weighted by Crippen LogP contribution is -1.90. The number of aromatic amines is 2. The Morgan fingerprint density at radius 2 is 1.29 bits per heavy atom. The van der Waals surface area contributed by atoms with Crippen LogP contribution in [0.5, 0.6) is 0 Å². The SMILES string of the molecule is c1ccc(Sc2cc3[nH]c(-c4cc[nH]n4)c(-c4occ5ccccc45)c3c(-c3occ4ccccc34)c2-c2cc3ccccc3s2)cc1. The van der Waals surface area contributed by atoms with E-state index in [1.807, 2.05) is 30.9 Å². The maximum absolute atomic E-state index is 6.64. The van der Waals surface area contributed by atoms with Gasteiger partial charge in [0, 0.05) is 69.1 Å². The van der Waals surface area contributed by atoms with Crippen LogP contribution < -0.4 is 0 Å². The van der Waals surface area contributed by atoms with Gasteiger partial charge in [-0.05, 0) is 41.8 Å². The molecule has 0 saturated heterocycles. The number of hydrogen-bond acceptors (Lipinski definition) is 5. The molecular weight excluding hydrogens is 631 g/mol. The number of nitrogens with one attached hydrogen (secondary N) is 2. The predicted octanol–water partition coefficient (Wildman–Crippen LogP) is 12.4. The molecule has 228 valence electrons. The van der Waals surface area contributed by atoms with Gasteiger partial charge in [-0.25, -0.2) is 0 Å². The average Bonchev–Trinajstić information content (AvgIpc) is 3.97. The van der Waals surface area contributed by atoms with Crippen molar-refractivity contribution in [3.05, 3.63) is 140 Å². The van der Waals surface area contributed by atoms with E-state index in [0.29, 0.717) is 0 Å². The molecule has 0 radical (unpaired) electrons. The minimum atomic E-state index is 0.790. The van der Waals surface area contributed by atoms with Gasteiger partial charge < -0.3 is 13.8 Å². The lowest BCUT2D eigenvalue weighted by molar-refractivity contribution is 0.586. The summed E-state index contributed by atoms with van der Waals surface area (Å²) in [6.07, 6.45) is 5.56. The Hall–Kier alpha value is -5.76. The van der Waals surface area contributed by atoms with Gasteiger partial charge in [0.1, 0.15) is 17.2 Å². The molecule has 5 heterocycles. The van der Waals surface area contributed by atoms with E-state index in [1.165, 1.54) is 15.0 Å². The second-order valence-electron chi connectivity index (χ2n) is 11.7. The van der Waals surface area contributed by atoms with Crippen LogP contribution in [0.3, 0.4) is 0 Å². The van der Waals surface area contributed by atoms with Gasteiger partial charge in [-0.15, -0.1) is 11.3 Å². The quantitative estimate of drug-likeness (QED) is 0.187. The number of furan rings is 2. The molecule has 0 saturated carbocycles. The van der Waals surface area contributed by atoms with Gasteiger partial charge in [0.2, 0.25) is 0 Å². The molecule has 10 rings (SSSR count). The van der Waals surface area contributed by atoms with Crippen LogP contribution in [0.25, 0.3) is 87.0 Å². The minimum absolute atomic E-state index is 0.790. The molecule has 48 heavy (non-hydrogen) atoms. The predicted molar refractivity (Wildman–Crippen MR) is 198 cm³/mol. The zero-order chi connectivity index (χ0) is 31.6. The number of fused-ring (bicyclic) bond motifs is 4. The fraction of sp³-hybridized carbons (Fsp3) is 0. The minimum Gasteiger partial charge on any atom is -0.463 e. The molecule has 0 bridgehead atoms. The Balaban J connectivity index is 1.41. The first-order valence-electron chi connectivity index (χ1n) is 15.7. The highest BCUT2D eigenvalue weighted by Gasteiger charge is 2.30. The molecule has 0 amide bonds. The summed E-state index contributed by atoms with van der Waals surface area (Å²) in [5.74, 6) is 1.61. The van der Waals surface area contributed by atoms with Crippen LogP contribution in [0.4, 0.5) is 0 Å². The largest absolute Gasteiger partial charge is 0.463 e. The number of H-pyrrole nitrogens is 2. The first kappa shape index (κ1) is 27.4. The number of rotatable bonds is 6. The molecule has 0 aliphatic carbocycles. The standard InChI is InChI=1S/C41H25N3O2S2/c1-2-13-27(14-3-1)47-34-21-31-35(38(39(43-31)30-18-19-42-44-30)41-29-16-8-5-12-26(29)23-46-41)37(40-28-15-7-4-11-25(28)22-45-40)36(34)33-20-24-10-6-9-17-32(24)48-33/h1-23,43H,(H,42,44). The van der Waals surface area contributed by atoms with Gasteiger partial charge in [-0.1, -0.05) is 96.7 Å². The van der Waals surface area contributed by atoms with Crippen LogP contribution in [0.1, 0.15) is 0 Å². The second kappa shape index (κ2) is 10.9. The molecule has 0 spiro atoms. The molecule has 0 aliphatic heterocycles. The maximum Gasteiger partial charge on any atom is 0.144 e. The van der Waals surface area contributed by atoms with Crippen molar-refractivity contribution in [3.63, 3.8) is 0 Å². The summed E-state index contributed by atoms with van der Waals surface area (Å²) in [5.41, 5.74) is 5.76. The normalized spacial score (nSPS) is 11.8. The van der Waals surface area contributed by atoms with Crippen molar-refractivity contribution in [2.75, 3.05) is 0 Å². The van der Waals surface area contributed by atoms with Crippen LogP contribution in [0, 0.1) is 0 Å². The van der Waals surface area contributed by atoms with Crippen molar-refractivity contribution in [2.45, 2.75) is 9.79 Å². The molecule has 0 unspecified atom stereocenters. The van der Waals surface area contributed by atoms with E-state index in [4.69, 9.17) is 8.83 Å². The Morgan fingerprint density at radius 1 is 0.625 bits per heavy atom. The molecule has 5 nitrogen and oxygen atoms in total. The molecule has 5 aromatic carbocycles. The van der Waals surface area contributed by atoms with Crippen molar-refractivity contribution in [1.29, 1.82) is 0 Å². The summed E-state index contributed by atoms with van der Waals surface area (Å²) in [4.78, 5) is 7.26. The third kappa shape index (κ3) is 4.29. The lowest BCUT2D eigenvalue weighted by Gasteiger charge is -2.16. The van der Waals surface area contributed by atoms with Crippen molar-refractivity contribution in [1.82, 2.24) is 15.2 Å². The van der Waals surface area contributed by atoms with Crippen LogP contribution in [-0.2, 0) is 0 Å². The molecule has 0 aliphatic rings. The van der Waals surface area contributed by atoms with Gasteiger partial charge in [-0.3, -0.25) is 5.10 Å². The molecule has 2 N–H and O–H groups in total. The summed E-state index contributed by atoms with van der Waals surface area (Å²) in [6.45, 7) is 0. The van der Waals surface area contributed by atoms with Gasteiger partial charge >= 0.3 is 0 Å². The van der Waals surface area contributed by atoms with Crippen molar-refractivity contribution in [3.8, 4) is 44.5 Å². The van der Waals surface area contributed by atoms with Crippen LogP contribution in [-0.4, -0.2) is 15.2 Å². The van der Waals surface area contributed by atoms with Gasteiger partial charge in [0.25, 0.3) is 0 Å². The summed E-state index contributed by atoms with van der Waals surface area (Å²) in [7, 11) is 0. The average molecular weight is 656 g/mol. The Bertz CT molecular complexity index is 2730. The molecule has 0 atom stereocenters. The summed E-state index contributed by atoms with van der Waals surface area (Å²) < 4.78 is 14.4. The highest BCUT2D eigenvalue weighted by Crippen LogP contribution is 2.54. The first-order chi connectivity index (χ1) is 23.8. The monoisotopic (exact) mass is 655 g/mol. The molecule has 0 fully saturated rings. The van der Waals surface area contributed by atoms with Crippen molar-refractivity contribution < 1.29 is 8.83 Å². The summed E-state index contributed by atoms with van der Waals surface area (Å²) >= 11 is 3.57. The number of hydrogen-bond donors (Lipinski definition) is 2. The van der Waals surface area contributed by atoms with E-state index in [1.54, 1.807) is 23.1 Å². The number of benzene rings is 5. The first-order valence-corrected chi connectivity index (χ1v) is 17.3. The fourth-order valence-corrected chi connectivity index (χ4v) is 9.03. The van der Waals surface area contributed by atoms with E-state index >= 15 is 0 Å².